The molecule has 0 aliphatic rings. The molecule has 0 aromatic carbocycles. The standard InChI is InChI=1S/C10H16N2O4/c1-8(2)12(5-3-4-11)9(13)6-16-7-10(14)15/h8H,3,5-7H2,1-2H3,(H,14,15). The molecule has 0 radical (unpaired) electrons. The first kappa shape index (κ1) is 14.4. The Labute approximate surface area is 94.4 Å². The van der Waals surface area contributed by atoms with Crippen LogP contribution >= 0.6 is 0 Å². The number of hydrogen-bond acceptors (Lipinski definition) is 4. The predicted octanol–water partition coefficient (Wildman–Crippen LogP) is 0.238. The molecule has 0 rings (SSSR count). The topological polar surface area (TPSA) is 90.6 Å². The Bertz CT molecular complexity index is 283. The minimum Gasteiger partial charge on any atom is -0.480 e. The van der Waals surface area contributed by atoms with E-state index >= 15 is 0 Å². The van der Waals surface area contributed by atoms with Gasteiger partial charge in [-0.2, -0.15) is 5.26 Å². The number of carbonyl (C=O) groups is 2. The van der Waals surface area contributed by atoms with Crippen LogP contribution in [0.1, 0.15) is 20.3 Å². The minimum absolute atomic E-state index is 0.0331. The molecule has 0 fully saturated rings. The Morgan fingerprint density at radius 2 is 2.06 bits per heavy atom. The maximum Gasteiger partial charge on any atom is 0.329 e. The summed E-state index contributed by atoms with van der Waals surface area (Å²) in [6.07, 6.45) is 0.253. The molecule has 0 aromatic heterocycles. The summed E-state index contributed by atoms with van der Waals surface area (Å²) >= 11 is 0. The summed E-state index contributed by atoms with van der Waals surface area (Å²) in [7, 11) is 0. The molecule has 0 saturated heterocycles. The van der Waals surface area contributed by atoms with Crippen molar-refractivity contribution >= 4 is 11.9 Å². The molecule has 0 saturated carbocycles. The summed E-state index contributed by atoms with van der Waals surface area (Å²) in [6.45, 7) is 3.23. The van der Waals surface area contributed by atoms with E-state index in [1.807, 2.05) is 19.9 Å². The number of carboxylic acids is 1. The first-order valence-electron chi connectivity index (χ1n) is 4.95. The van der Waals surface area contributed by atoms with Gasteiger partial charge in [-0.05, 0) is 13.8 Å². The molecule has 0 aliphatic carbocycles. The van der Waals surface area contributed by atoms with Crippen LogP contribution in [0.4, 0.5) is 0 Å². The Morgan fingerprint density at radius 3 is 2.50 bits per heavy atom. The number of carbonyl (C=O) groups excluding carboxylic acids is 1. The van der Waals surface area contributed by atoms with Crippen LogP contribution in [-0.2, 0) is 14.3 Å². The van der Waals surface area contributed by atoms with Crippen molar-refractivity contribution in [3.63, 3.8) is 0 Å². The predicted molar refractivity (Wildman–Crippen MR) is 55.5 cm³/mol. The van der Waals surface area contributed by atoms with E-state index in [2.05, 4.69) is 0 Å². The molecule has 0 aromatic rings. The van der Waals surface area contributed by atoms with Gasteiger partial charge in [0.15, 0.2) is 0 Å². The van der Waals surface area contributed by atoms with Crippen LogP contribution in [0.2, 0.25) is 0 Å². The molecule has 0 spiro atoms. The fourth-order valence-corrected chi connectivity index (χ4v) is 1.15. The molecule has 0 unspecified atom stereocenters. The second kappa shape index (κ2) is 7.65. The molecular weight excluding hydrogens is 212 g/mol. The summed E-state index contributed by atoms with van der Waals surface area (Å²) in [5, 5.41) is 16.8. The molecule has 1 amide bonds. The smallest absolute Gasteiger partial charge is 0.329 e. The van der Waals surface area contributed by atoms with Crippen LogP contribution in [-0.4, -0.2) is 47.7 Å². The van der Waals surface area contributed by atoms with Crippen molar-refractivity contribution in [2.45, 2.75) is 26.3 Å². The summed E-state index contributed by atoms with van der Waals surface area (Å²) in [5.74, 6) is -1.41. The third-order valence-electron chi connectivity index (χ3n) is 1.86. The zero-order valence-electron chi connectivity index (χ0n) is 9.47. The van der Waals surface area contributed by atoms with E-state index in [4.69, 9.17) is 15.1 Å². The molecule has 6 nitrogen and oxygen atoms in total. The van der Waals surface area contributed by atoms with Gasteiger partial charge >= 0.3 is 5.97 Å². The quantitative estimate of drug-likeness (QED) is 0.674. The van der Waals surface area contributed by atoms with E-state index in [1.165, 1.54) is 4.90 Å². The van der Waals surface area contributed by atoms with Gasteiger partial charge in [-0.1, -0.05) is 0 Å². The molecule has 0 bridgehead atoms. The zero-order chi connectivity index (χ0) is 12.6. The lowest BCUT2D eigenvalue weighted by atomic mass is 10.3. The number of nitrogens with zero attached hydrogens (tertiary/aromatic N) is 2. The highest BCUT2D eigenvalue weighted by Crippen LogP contribution is 2.00. The van der Waals surface area contributed by atoms with Gasteiger partial charge in [0.2, 0.25) is 5.91 Å². The molecule has 0 aliphatic heterocycles. The van der Waals surface area contributed by atoms with E-state index in [9.17, 15) is 9.59 Å². The highest BCUT2D eigenvalue weighted by atomic mass is 16.5. The van der Waals surface area contributed by atoms with Crippen LogP contribution in [0.5, 0.6) is 0 Å². The van der Waals surface area contributed by atoms with Gasteiger partial charge in [-0.15, -0.1) is 0 Å². The largest absolute Gasteiger partial charge is 0.480 e. The summed E-state index contributed by atoms with van der Waals surface area (Å²) in [6, 6.07) is 1.92. The second-order valence-corrected chi connectivity index (χ2v) is 3.48. The van der Waals surface area contributed by atoms with Gasteiger partial charge in [-0.25, -0.2) is 4.79 Å². The van der Waals surface area contributed by atoms with Gasteiger partial charge in [0, 0.05) is 12.6 Å². The molecule has 0 atom stereocenters. The molecule has 90 valence electrons. The lowest BCUT2D eigenvalue weighted by Gasteiger charge is -2.25. The highest BCUT2D eigenvalue weighted by molar-refractivity contribution is 5.78. The lowest BCUT2D eigenvalue weighted by Crippen LogP contribution is -2.40. The van der Waals surface area contributed by atoms with Crippen LogP contribution in [0.25, 0.3) is 0 Å². The van der Waals surface area contributed by atoms with Gasteiger partial charge in [0.1, 0.15) is 13.2 Å². The Balaban J connectivity index is 4.07. The van der Waals surface area contributed by atoms with E-state index < -0.39 is 12.6 Å². The van der Waals surface area contributed by atoms with Gasteiger partial charge in [0.05, 0.1) is 12.5 Å². The normalized spacial score (nSPS) is 9.88. The highest BCUT2D eigenvalue weighted by Gasteiger charge is 2.16. The lowest BCUT2D eigenvalue weighted by molar-refractivity contribution is -0.146. The fourth-order valence-electron chi connectivity index (χ4n) is 1.15. The number of ether oxygens (including phenoxy) is 1. The fraction of sp³-hybridized carbons (Fsp3) is 0.700. The van der Waals surface area contributed by atoms with Gasteiger partial charge in [-0.3, -0.25) is 4.79 Å². The molecule has 1 N–H and O–H groups in total. The van der Waals surface area contributed by atoms with Crippen LogP contribution in [0, 0.1) is 11.3 Å². The Morgan fingerprint density at radius 1 is 1.44 bits per heavy atom. The van der Waals surface area contributed by atoms with Crippen molar-refractivity contribution in [2.75, 3.05) is 19.8 Å². The maximum atomic E-state index is 11.6. The number of amides is 1. The average Bonchev–Trinajstić information content (AvgIpc) is 2.17. The summed E-state index contributed by atoms with van der Waals surface area (Å²) in [4.78, 5) is 23.2. The zero-order valence-corrected chi connectivity index (χ0v) is 9.47. The SMILES string of the molecule is CC(C)N(CCC#N)C(=O)COCC(=O)O. The minimum atomic E-state index is -1.11. The summed E-state index contributed by atoms with van der Waals surface area (Å²) < 4.78 is 4.69. The van der Waals surface area contributed by atoms with Crippen molar-refractivity contribution in [3.8, 4) is 6.07 Å². The number of aliphatic carboxylic acids is 1. The van der Waals surface area contributed by atoms with E-state index in [0.717, 1.165) is 0 Å². The Kier molecular flexibility index (Phi) is 6.88. The van der Waals surface area contributed by atoms with Gasteiger partial charge < -0.3 is 14.7 Å². The number of rotatable bonds is 7. The second-order valence-electron chi connectivity index (χ2n) is 3.48. The van der Waals surface area contributed by atoms with Crippen molar-refractivity contribution in [3.05, 3.63) is 0 Å². The number of hydrogen-bond donors (Lipinski definition) is 1. The number of carboxylic acid groups (broad SMARTS) is 1. The third kappa shape index (κ3) is 5.98. The van der Waals surface area contributed by atoms with E-state index in [0.29, 0.717) is 6.54 Å². The van der Waals surface area contributed by atoms with Crippen molar-refractivity contribution in [1.29, 1.82) is 5.26 Å². The van der Waals surface area contributed by atoms with Crippen LogP contribution < -0.4 is 0 Å². The first-order chi connectivity index (χ1) is 7.49. The first-order valence-corrected chi connectivity index (χ1v) is 4.95. The van der Waals surface area contributed by atoms with E-state index in [1.54, 1.807) is 0 Å². The monoisotopic (exact) mass is 228 g/mol. The average molecular weight is 228 g/mol. The number of nitriles is 1. The van der Waals surface area contributed by atoms with Crippen molar-refractivity contribution < 1.29 is 19.4 Å². The molecule has 16 heavy (non-hydrogen) atoms. The molecule has 6 heteroatoms. The molecule has 0 heterocycles. The van der Waals surface area contributed by atoms with Crippen molar-refractivity contribution in [2.24, 2.45) is 0 Å². The van der Waals surface area contributed by atoms with E-state index in [-0.39, 0.29) is 25.0 Å². The molecular formula is C10H16N2O4. The summed E-state index contributed by atoms with van der Waals surface area (Å²) in [5.41, 5.74) is 0. The third-order valence-corrected chi connectivity index (χ3v) is 1.86. The van der Waals surface area contributed by atoms with Gasteiger partial charge in [0.25, 0.3) is 0 Å². The Hall–Kier alpha value is -1.61. The maximum absolute atomic E-state index is 11.6. The van der Waals surface area contributed by atoms with Crippen LogP contribution in [0.15, 0.2) is 0 Å². The van der Waals surface area contributed by atoms with Crippen LogP contribution in [0.3, 0.4) is 0 Å². The van der Waals surface area contributed by atoms with Crippen molar-refractivity contribution in [1.82, 2.24) is 4.90 Å².